The second-order valence-electron chi connectivity index (χ2n) is 2.10. The Kier molecular flexibility index (Phi) is 1.28. The van der Waals surface area contributed by atoms with E-state index in [1.807, 2.05) is 25.1 Å². The maximum absolute atomic E-state index is 5.73. The summed E-state index contributed by atoms with van der Waals surface area (Å²) in [5.41, 5.74) is 0.879. The monoisotopic (exact) mass is 150 g/mol. The molecule has 0 N–H and O–H groups in total. The molecule has 0 saturated heterocycles. The third-order valence-electron chi connectivity index (χ3n) is 1.41. The van der Waals surface area contributed by atoms with Gasteiger partial charge in [-0.1, -0.05) is 0 Å². The van der Waals surface area contributed by atoms with Crippen molar-refractivity contribution in [2.45, 2.75) is 0 Å². The standard InChI is InChI=1S/C7H4BClO/c9-5-1-2-7-6(3-5)8-4-10-7/h1-4H. The van der Waals surface area contributed by atoms with Crippen molar-refractivity contribution in [1.29, 1.82) is 0 Å². The van der Waals surface area contributed by atoms with Gasteiger partial charge in [-0.2, -0.15) is 0 Å². The Balaban J connectivity index is 2.86. The van der Waals surface area contributed by atoms with E-state index in [2.05, 4.69) is 0 Å². The minimum absolute atomic E-state index is 0.744. The molecule has 1 nitrogen and oxygen atoms in total. The molecular weight excluding hydrogens is 146 g/mol. The van der Waals surface area contributed by atoms with Crippen molar-refractivity contribution in [3.05, 3.63) is 29.4 Å². The van der Waals surface area contributed by atoms with E-state index in [1.165, 1.54) is 0 Å². The normalized spacial score (nSPS) is 10.1. The summed E-state index contributed by atoms with van der Waals surface area (Å²) < 4.78 is 5.11. The van der Waals surface area contributed by atoms with E-state index < -0.39 is 0 Å². The maximum atomic E-state index is 5.73. The van der Waals surface area contributed by atoms with Gasteiger partial charge in [0, 0.05) is 0 Å². The van der Waals surface area contributed by atoms with Crippen LogP contribution in [0.5, 0.6) is 0 Å². The van der Waals surface area contributed by atoms with E-state index in [9.17, 15) is 0 Å². The van der Waals surface area contributed by atoms with E-state index in [-0.39, 0.29) is 0 Å². The molecule has 2 rings (SSSR count). The summed E-state index contributed by atoms with van der Waals surface area (Å²) in [7, 11) is 0. The van der Waals surface area contributed by atoms with Crippen LogP contribution in [0.15, 0.2) is 28.8 Å². The van der Waals surface area contributed by atoms with Crippen LogP contribution >= 0.6 is 11.6 Å². The zero-order chi connectivity index (χ0) is 6.97. The Morgan fingerprint density at radius 3 is 3.20 bits per heavy atom. The van der Waals surface area contributed by atoms with Gasteiger partial charge in [0.15, 0.2) is 0 Å². The molecule has 0 aliphatic heterocycles. The fourth-order valence-electron chi connectivity index (χ4n) is 0.938. The molecular formula is C7H4BClO. The van der Waals surface area contributed by atoms with Crippen molar-refractivity contribution in [3.8, 4) is 0 Å². The number of rotatable bonds is 0. The molecule has 1 aromatic heterocycles. The minimum atomic E-state index is 0.744. The molecule has 0 bridgehead atoms. The van der Waals surface area contributed by atoms with Gasteiger partial charge in [-0.15, -0.1) is 0 Å². The van der Waals surface area contributed by atoms with E-state index in [0.717, 1.165) is 15.9 Å². The Hall–Kier alpha value is -0.755. The van der Waals surface area contributed by atoms with Crippen LogP contribution in [-0.2, 0) is 0 Å². The van der Waals surface area contributed by atoms with Crippen LogP contribution in [0.3, 0.4) is 0 Å². The predicted octanol–water partition coefficient (Wildman–Crippen LogP) is 2.42. The van der Waals surface area contributed by atoms with Gasteiger partial charge in [-0.25, -0.2) is 0 Å². The number of benzene rings is 1. The Bertz CT molecular complexity index is 355. The fraction of sp³-hybridized carbons (Fsp3) is 0. The van der Waals surface area contributed by atoms with Gasteiger partial charge >= 0.3 is 63.2 Å². The first-order valence-electron chi connectivity index (χ1n) is 2.99. The molecule has 10 heavy (non-hydrogen) atoms. The first-order chi connectivity index (χ1) is 4.86. The topological polar surface area (TPSA) is 13.1 Å². The Morgan fingerprint density at radius 2 is 2.30 bits per heavy atom. The van der Waals surface area contributed by atoms with Gasteiger partial charge in [0.1, 0.15) is 0 Å². The molecule has 3 heteroatoms. The molecule has 0 amide bonds. The number of halogens is 1. The third kappa shape index (κ3) is 0.849. The second-order valence-corrected chi connectivity index (χ2v) is 2.54. The van der Waals surface area contributed by atoms with Crippen LogP contribution in [0, 0.1) is 0 Å². The molecule has 0 fully saturated rings. The van der Waals surface area contributed by atoms with E-state index >= 15 is 0 Å². The van der Waals surface area contributed by atoms with Gasteiger partial charge in [-0.3, -0.25) is 0 Å². The number of fused-ring (bicyclic) bond motifs is 1. The number of hydrogen-bond acceptors (Lipinski definition) is 1. The summed E-state index contributed by atoms with van der Waals surface area (Å²) in [6.45, 7) is 1.89. The van der Waals surface area contributed by atoms with Crippen molar-refractivity contribution in [2.75, 3.05) is 0 Å². The summed E-state index contributed by atoms with van der Waals surface area (Å²) in [4.78, 5) is 0. The van der Waals surface area contributed by atoms with Crippen LogP contribution < -0.4 is 0 Å². The van der Waals surface area contributed by atoms with Gasteiger partial charge in [0.05, 0.1) is 0 Å². The predicted molar refractivity (Wildman–Crippen MR) is 42.6 cm³/mol. The van der Waals surface area contributed by atoms with E-state index in [1.54, 1.807) is 6.16 Å². The molecule has 0 radical (unpaired) electrons. The van der Waals surface area contributed by atoms with Crippen LogP contribution in [0.1, 0.15) is 0 Å². The summed E-state index contributed by atoms with van der Waals surface area (Å²) in [5, 5.41) is 1.79. The second kappa shape index (κ2) is 2.13. The molecule has 1 aromatic carbocycles. The average Bonchev–Trinajstić information content (AvgIpc) is 2.33. The molecule has 0 spiro atoms. The van der Waals surface area contributed by atoms with Crippen molar-refractivity contribution in [3.63, 3.8) is 0 Å². The van der Waals surface area contributed by atoms with Gasteiger partial charge in [0.25, 0.3) is 0 Å². The number of hydrogen-bond donors (Lipinski definition) is 0. The van der Waals surface area contributed by atoms with Crippen LogP contribution in [0.25, 0.3) is 10.9 Å². The molecule has 2 aromatic rings. The Morgan fingerprint density at radius 1 is 1.40 bits per heavy atom. The van der Waals surface area contributed by atoms with Crippen LogP contribution in [-0.4, -0.2) is 6.91 Å². The Labute approximate surface area is 63.8 Å². The molecule has 1 heterocycles. The summed E-state index contributed by atoms with van der Waals surface area (Å²) in [5.74, 6) is 0. The zero-order valence-electron chi connectivity index (χ0n) is 5.17. The van der Waals surface area contributed by atoms with E-state index in [4.69, 9.17) is 16.0 Å². The molecule has 0 aliphatic rings. The molecule has 0 unspecified atom stereocenters. The third-order valence-corrected chi connectivity index (χ3v) is 1.65. The van der Waals surface area contributed by atoms with Crippen molar-refractivity contribution >= 4 is 29.4 Å². The molecule has 0 atom stereocenters. The fourth-order valence-corrected chi connectivity index (χ4v) is 1.12. The average molecular weight is 150 g/mol. The summed E-state index contributed by atoms with van der Waals surface area (Å²) in [6.07, 6.45) is 1.65. The van der Waals surface area contributed by atoms with Gasteiger partial charge < -0.3 is 0 Å². The first-order valence-corrected chi connectivity index (χ1v) is 3.37. The van der Waals surface area contributed by atoms with Crippen LogP contribution in [0.4, 0.5) is 0 Å². The van der Waals surface area contributed by atoms with Gasteiger partial charge in [-0.05, 0) is 0 Å². The summed E-state index contributed by atoms with van der Waals surface area (Å²) in [6, 6.07) is 5.55. The van der Waals surface area contributed by atoms with E-state index in [0.29, 0.717) is 0 Å². The van der Waals surface area contributed by atoms with Crippen LogP contribution in [0.2, 0.25) is 5.02 Å². The molecule has 0 saturated carbocycles. The molecule has 48 valence electrons. The molecule has 0 aliphatic carbocycles. The zero-order valence-corrected chi connectivity index (χ0v) is 5.93. The van der Waals surface area contributed by atoms with Crippen molar-refractivity contribution < 1.29 is 4.42 Å². The van der Waals surface area contributed by atoms with Crippen molar-refractivity contribution in [1.82, 2.24) is 0 Å². The SMILES string of the molecule is Clc1ccc2ocbc2c1. The summed E-state index contributed by atoms with van der Waals surface area (Å²) >= 11 is 5.73. The van der Waals surface area contributed by atoms with Crippen molar-refractivity contribution in [2.24, 2.45) is 0 Å². The quantitative estimate of drug-likeness (QED) is 0.562. The van der Waals surface area contributed by atoms with Gasteiger partial charge in [0.2, 0.25) is 0 Å². The first kappa shape index (κ1) is 5.99.